The number of hydrogen-bond donors (Lipinski definition) is 1. The summed E-state index contributed by atoms with van der Waals surface area (Å²) in [6, 6.07) is 13.1. The van der Waals surface area contributed by atoms with Crippen LogP contribution in [0.2, 0.25) is 0 Å². The van der Waals surface area contributed by atoms with Gasteiger partial charge in [0.05, 0.1) is 17.8 Å². The monoisotopic (exact) mass is 375 g/mol. The highest BCUT2D eigenvalue weighted by molar-refractivity contribution is 5.92. The van der Waals surface area contributed by atoms with E-state index in [1.54, 1.807) is 9.36 Å². The summed E-state index contributed by atoms with van der Waals surface area (Å²) in [4.78, 5) is 12.4. The Morgan fingerprint density at radius 3 is 2.54 bits per heavy atom. The number of anilines is 1. The maximum absolute atomic E-state index is 12.4. The number of nitrogens with zero attached hydrogens (tertiary/aromatic N) is 8. The number of carbonyl (C=O) groups is 1. The van der Waals surface area contributed by atoms with Gasteiger partial charge in [0, 0.05) is 5.69 Å². The van der Waals surface area contributed by atoms with Gasteiger partial charge in [-0.1, -0.05) is 18.2 Å². The fraction of sp³-hybridized carbons (Fsp3) is 0.167. The number of aryl methyl sites for hydroxylation is 2. The smallest absolute Gasteiger partial charge is 0.228 e. The van der Waals surface area contributed by atoms with E-state index in [2.05, 4.69) is 36.4 Å². The van der Waals surface area contributed by atoms with E-state index in [4.69, 9.17) is 0 Å². The Morgan fingerprint density at radius 2 is 1.86 bits per heavy atom. The number of hydrogen-bond acceptors (Lipinski definition) is 7. The Labute approximate surface area is 160 Å². The fourth-order valence-electron chi connectivity index (χ4n) is 2.81. The molecule has 0 radical (unpaired) electrons. The Bertz CT molecular complexity index is 1100. The standard InChI is InChI=1S/C18H17N9O/c1-12-3-6-15(10-17(12)27-13(2)21-23-25-27)20-18(28)9-14-4-7-16(8-5-14)26-11-19-22-24-26/h3-8,10-11H,9H2,1-2H3,(H,20,28). The SMILES string of the molecule is Cc1ccc(NC(=O)Cc2ccc(-n3cnnn3)cc2)cc1-n1nnnc1C. The molecule has 0 saturated carbocycles. The van der Waals surface area contributed by atoms with E-state index in [0.717, 1.165) is 22.5 Å². The number of amides is 1. The highest BCUT2D eigenvalue weighted by Gasteiger charge is 2.10. The lowest BCUT2D eigenvalue weighted by Gasteiger charge is -2.10. The number of nitrogens with one attached hydrogen (secondary N) is 1. The van der Waals surface area contributed by atoms with Gasteiger partial charge in [0.25, 0.3) is 0 Å². The van der Waals surface area contributed by atoms with Crippen molar-refractivity contribution in [1.29, 1.82) is 0 Å². The molecule has 0 bridgehead atoms. The lowest BCUT2D eigenvalue weighted by molar-refractivity contribution is -0.115. The molecule has 2 aromatic carbocycles. The predicted octanol–water partition coefficient (Wildman–Crippen LogP) is 1.44. The minimum atomic E-state index is -0.113. The highest BCUT2D eigenvalue weighted by Crippen LogP contribution is 2.19. The zero-order valence-corrected chi connectivity index (χ0v) is 15.3. The van der Waals surface area contributed by atoms with E-state index in [-0.39, 0.29) is 12.3 Å². The summed E-state index contributed by atoms with van der Waals surface area (Å²) in [7, 11) is 0. The van der Waals surface area contributed by atoms with Crippen LogP contribution in [-0.2, 0) is 11.2 Å². The van der Waals surface area contributed by atoms with Crippen molar-refractivity contribution in [2.45, 2.75) is 20.3 Å². The summed E-state index contributed by atoms with van der Waals surface area (Å²) < 4.78 is 3.20. The van der Waals surface area contributed by atoms with Gasteiger partial charge in [-0.2, -0.15) is 4.68 Å². The molecule has 0 fully saturated rings. The van der Waals surface area contributed by atoms with E-state index in [1.807, 2.05) is 56.3 Å². The van der Waals surface area contributed by atoms with E-state index in [0.29, 0.717) is 11.5 Å². The zero-order chi connectivity index (χ0) is 19.5. The Balaban J connectivity index is 1.46. The van der Waals surface area contributed by atoms with Crippen molar-refractivity contribution in [2.75, 3.05) is 5.32 Å². The van der Waals surface area contributed by atoms with Crippen molar-refractivity contribution in [1.82, 2.24) is 40.4 Å². The van der Waals surface area contributed by atoms with Crippen molar-refractivity contribution in [3.05, 3.63) is 65.7 Å². The molecule has 2 heterocycles. The molecule has 0 aliphatic rings. The van der Waals surface area contributed by atoms with Gasteiger partial charge < -0.3 is 5.32 Å². The van der Waals surface area contributed by atoms with Crippen LogP contribution in [0.3, 0.4) is 0 Å². The molecule has 10 nitrogen and oxygen atoms in total. The molecule has 0 spiro atoms. The summed E-state index contributed by atoms with van der Waals surface area (Å²) in [5.74, 6) is 0.563. The predicted molar refractivity (Wildman–Crippen MR) is 100 cm³/mol. The van der Waals surface area contributed by atoms with Crippen LogP contribution in [0.15, 0.2) is 48.8 Å². The van der Waals surface area contributed by atoms with Crippen molar-refractivity contribution >= 4 is 11.6 Å². The summed E-state index contributed by atoms with van der Waals surface area (Å²) in [6.07, 6.45) is 1.77. The second kappa shape index (κ2) is 7.35. The minimum Gasteiger partial charge on any atom is -0.326 e. The first-order valence-corrected chi connectivity index (χ1v) is 8.58. The minimum absolute atomic E-state index is 0.113. The summed E-state index contributed by atoms with van der Waals surface area (Å²) in [5.41, 5.74) is 4.23. The van der Waals surface area contributed by atoms with Crippen LogP contribution >= 0.6 is 0 Å². The van der Waals surface area contributed by atoms with Crippen LogP contribution in [0, 0.1) is 13.8 Å². The van der Waals surface area contributed by atoms with Gasteiger partial charge in [-0.25, -0.2) is 4.68 Å². The van der Waals surface area contributed by atoms with Crippen LogP contribution in [-0.4, -0.2) is 46.3 Å². The van der Waals surface area contributed by atoms with Crippen LogP contribution < -0.4 is 5.32 Å². The largest absolute Gasteiger partial charge is 0.326 e. The van der Waals surface area contributed by atoms with Crippen LogP contribution in [0.25, 0.3) is 11.4 Å². The highest BCUT2D eigenvalue weighted by atomic mass is 16.1. The first-order chi connectivity index (χ1) is 13.6. The Hall–Kier alpha value is -3.95. The van der Waals surface area contributed by atoms with Gasteiger partial charge in [0.2, 0.25) is 5.91 Å². The molecular weight excluding hydrogens is 358 g/mol. The fourth-order valence-corrected chi connectivity index (χ4v) is 2.81. The molecule has 0 atom stereocenters. The number of rotatable bonds is 5. The Kier molecular flexibility index (Phi) is 4.58. The third-order valence-electron chi connectivity index (χ3n) is 4.26. The quantitative estimate of drug-likeness (QED) is 0.561. The van der Waals surface area contributed by atoms with E-state index < -0.39 is 0 Å². The molecule has 4 aromatic rings. The topological polar surface area (TPSA) is 116 Å². The molecule has 2 aromatic heterocycles. The van der Waals surface area contributed by atoms with Crippen molar-refractivity contribution < 1.29 is 4.79 Å². The van der Waals surface area contributed by atoms with Gasteiger partial charge >= 0.3 is 0 Å². The van der Waals surface area contributed by atoms with Crippen molar-refractivity contribution in [3.8, 4) is 11.4 Å². The lowest BCUT2D eigenvalue weighted by atomic mass is 10.1. The maximum Gasteiger partial charge on any atom is 0.228 e. The molecule has 4 rings (SSSR count). The molecule has 1 N–H and O–H groups in total. The Morgan fingerprint density at radius 1 is 1.04 bits per heavy atom. The normalized spacial score (nSPS) is 10.8. The molecule has 0 saturated heterocycles. The van der Waals surface area contributed by atoms with E-state index >= 15 is 0 Å². The van der Waals surface area contributed by atoms with Gasteiger partial charge in [0.1, 0.15) is 6.33 Å². The van der Waals surface area contributed by atoms with Crippen molar-refractivity contribution in [3.63, 3.8) is 0 Å². The van der Waals surface area contributed by atoms with Gasteiger partial charge in [-0.05, 0) is 70.1 Å². The first kappa shape index (κ1) is 17.5. The lowest BCUT2D eigenvalue weighted by Crippen LogP contribution is -2.15. The second-order valence-electron chi connectivity index (χ2n) is 6.28. The molecule has 10 heteroatoms. The van der Waals surface area contributed by atoms with E-state index in [1.165, 1.54) is 6.33 Å². The molecular formula is C18H17N9O. The van der Waals surface area contributed by atoms with Gasteiger partial charge in [-0.3, -0.25) is 4.79 Å². The third kappa shape index (κ3) is 3.61. The van der Waals surface area contributed by atoms with Crippen molar-refractivity contribution in [2.24, 2.45) is 0 Å². The second-order valence-corrected chi connectivity index (χ2v) is 6.28. The summed E-state index contributed by atoms with van der Waals surface area (Å²) >= 11 is 0. The summed E-state index contributed by atoms with van der Waals surface area (Å²) in [6.45, 7) is 3.79. The first-order valence-electron chi connectivity index (χ1n) is 8.58. The van der Waals surface area contributed by atoms with Gasteiger partial charge in [-0.15, -0.1) is 10.2 Å². The molecule has 0 aliphatic carbocycles. The van der Waals surface area contributed by atoms with Crippen LogP contribution in [0.1, 0.15) is 17.0 Å². The number of carbonyl (C=O) groups excluding carboxylic acids is 1. The molecule has 0 unspecified atom stereocenters. The molecule has 0 aliphatic heterocycles. The number of tetrazole rings is 2. The molecule has 1 amide bonds. The zero-order valence-electron chi connectivity index (χ0n) is 15.3. The molecule has 140 valence electrons. The number of aromatic nitrogens is 8. The van der Waals surface area contributed by atoms with Gasteiger partial charge in [0.15, 0.2) is 5.82 Å². The van der Waals surface area contributed by atoms with Crippen LogP contribution in [0.4, 0.5) is 5.69 Å². The summed E-state index contributed by atoms with van der Waals surface area (Å²) in [5, 5.41) is 25.5. The maximum atomic E-state index is 12.4. The van der Waals surface area contributed by atoms with E-state index in [9.17, 15) is 4.79 Å². The molecule has 28 heavy (non-hydrogen) atoms. The van der Waals surface area contributed by atoms with Crippen LogP contribution in [0.5, 0.6) is 0 Å². The number of benzene rings is 2. The average Bonchev–Trinajstić information content (AvgIpc) is 3.36. The average molecular weight is 375 g/mol. The third-order valence-corrected chi connectivity index (χ3v) is 4.26.